The molecule has 1 aromatic heterocycles. The van der Waals surface area contributed by atoms with Crippen molar-refractivity contribution in [2.45, 2.75) is 39.2 Å². The van der Waals surface area contributed by atoms with Gasteiger partial charge in [-0.05, 0) is 5.92 Å². The molecule has 0 radical (unpaired) electrons. The molecule has 6 nitrogen and oxygen atoms in total. The Morgan fingerprint density at radius 1 is 1.39 bits per heavy atom. The van der Waals surface area contributed by atoms with Crippen LogP contribution in [-0.4, -0.2) is 71.1 Å². The molecule has 2 atom stereocenters. The van der Waals surface area contributed by atoms with Gasteiger partial charge in [-0.25, -0.2) is 4.98 Å². The van der Waals surface area contributed by atoms with Crippen molar-refractivity contribution in [3.05, 3.63) is 17.7 Å². The van der Waals surface area contributed by atoms with Crippen LogP contribution in [0.2, 0.25) is 0 Å². The minimum absolute atomic E-state index is 0.0820. The fourth-order valence-corrected chi connectivity index (χ4v) is 3.65. The summed E-state index contributed by atoms with van der Waals surface area (Å²) in [5, 5.41) is 0. The zero-order valence-electron chi connectivity index (χ0n) is 14.4. The molecule has 128 valence electrons. The van der Waals surface area contributed by atoms with Gasteiger partial charge in [0.15, 0.2) is 0 Å². The molecule has 3 heterocycles. The van der Waals surface area contributed by atoms with Crippen molar-refractivity contribution in [3.8, 4) is 0 Å². The van der Waals surface area contributed by atoms with Crippen LogP contribution in [0.1, 0.15) is 49.4 Å². The molecule has 1 aromatic rings. The molecule has 0 saturated carbocycles. The molecule has 3 rings (SSSR count). The predicted molar refractivity (Wildman–Crippen MR) is 88.5 cm³/mol. The average Bonchev–Trinajstić information content (AvgIpc) is 3.22. The van der Waals surface area contributed by atoms with Crippen LogP contribution < -0.4 is 0 Å². The lowest BCUT2D eigenvalue weighted by Crippen LogP contribution is -2.47. The third-order valence-corrected chi connectivity index (χ3v) is 5.11. The molecule has 2 fully saturated rings. The molecule has 2 aliphatic rings. The minimum atomic E-state index is 0.0820. The Balaban J connectivity index is 1.69. The van der Waals surface area contributed by atoms with E-state index in [1.807, 2.05) is 4.90 Å². The van der Waals surface area contributed by atoms with Crippen molar-refractivity contribution in [1.29, 1.82) is 0 Å². The number of nitrogens with zero attached hydrogens (tertiary/aromatic N) is 3. The summed E-state index contributed by atoms with van der Waals surface area (Å²) in [4.78, 5) is 24.8. The molecular weight excluding hydrogens is 292 g/mol. The van der Waals surface area contributed by atoms with Gasteiger partial charge in [0.1, 0.15) is 11.5 Å². The summed E-state index contributed by atoms with van der Waals surface area (Å²) in [5.41, 5.74) is 0.617. The normalized spacial score (nSPS) is 26.2. The largest absolute Gasteiger partial charge is 0.379 e. The van der Waals surface area contributed by atoms with Crippen molar-refractivity contribution in [1.82, 2.24) is 19.8 Å². The van der Waals surface area contributed by atoms with Crippen molar-refractivity contribution in [2.24, 2.45) is 5.92 Å². The monoisotopic (exact) mass is 320 g/mol. The van der Waals surface area contributed by atoms with Crippen molar-refractivity contribution >= 4 is 5.91 Å². The standard InChI is InChI=1S/C17H28N4O2/c1-4-13-10-21(11-15(13)20-5-7-23-8-6-20)17(22)14-9-18-16(19-14)12(2)3/h9,12-13,15H,4-8,10-11H2,1-3H3,(H,18,19). The van der Waals surface area contributed by atoms with Gasteiger partial charge in [-0.3, -0.25) is 9.69 Å². The van der Waals surface area contributed by atoms with Gasteiger partial charge in [0.05, 0.1) is 19.4 Å². The number of hydrogen-bond donors (Lipinski definition) is 1. The number of ether oxygens (including phenoxy) is 1. The number of amides is 1. The summed E-state index contributed by atoms with van der Waals surface area (Å²) in [6.45, 7) is 11.6. The Kier molecular flexibility index (Phi) is 5.02. The zero-order chi connectivity index (χ0) is 16.4. The summed E-state index contributed by atoms with van der Waals surface area (Å²) >= 11 is 0. The quantitative estimate of drug-likeness (QED) is 0.917. The van der Waals surface area contributed by atoms with E-state index in [0.29, 0.717) is 23.6 Å². The SMILES string of the molecule is CCC1CN(C(=O)c2cnc(C(C)C)[nH]2)CC1N1CCOCC1. The molecule has 0 spiro atoms. The molecule has 2 aliphatic heterocycles. The van der Waals surface area contributed by atoms with E-state index in [9.17, 15) is 4.79 Å². The van der Waals surface area contributed by atoms with E-state index in [1.54, 1.807) is 6.20 Å². The second-order valence-electron chi connectivity index (χ2n) is 6.93. The van der Waals surface area contributed by atoms with Gasteiger partial charge in [0, 0.05) is 38.1 Å². The molecule has 0 aliphatic carbocycles. The number of morpholine rings is 1. The van der Waals surface area contributed by atoms with Gasteiger partial charge in [-0.1, -0.05) is 27.2 Å². The third-order valence-electron chi connectivity index (χ3n) is 5.11. The molecule has 0 aromatic carbocycles. The van der Waals surface area contributed by atoms with Gasteiger partial charge in [-0.15, -0.1) is 0 Å². The number of imidazole rings is 1. The first-order chi connectivity index (χ1) is 11.1. The highest BCUT2D eigenvalue weighted by Crippen LogP contribution is 2.26. The highest BCUT2D eigenvalue weighted by Gasteiger charge is 2.38. The number of nitrogens with one attached hydrogen (secondary N) is 1. The van der Waals surface area contributed by atoms with E-state index in [2.05, 4.69) is 35.6 Å². The van der Waals surface area contributed by atoms with Crippen LogP contribution in [0.3, 0.4) is 0 Å². The number of aromatic amines is 1. The molecule has 2 saturated heterocycles. The first-order valence-electron chi connectivity index (χ1n) is 8.76. The van der Waals surface area contributed by atoms with Gasteiger partial charge in [0.25, 0.3) is 5.91 Å². The first-order valence-corrected chi connectivity index (χ1v) is 8.76. The average molecular weight is 320 g/mol. The van der Waals surface area contributed by atoms with E-state index >= 15 is 0 Å². The van der Waals surface area contributed by atoms with Crippen LogP contribution in [0.25, 0.3) is 0 Å². The first kappa shape index (κ1) is 16.5. The Bertz CT molecular complexity index is 536. The number of rotatable bonds is 4. The summed E-state index contributed by atoms with van der Waals surface area (Å²) in [7, 11) is 0. The topological polar surface area (TPSA) is 61.5 Å². The van der Waals surface area contributed by atoms with Crippen LogP contribution in [0.5, 0.6) is 0 Å². The van der Waals surface area contributed by atoms with E-state index in [1.165, 1.54) is 0 Å². The lowest BCUT2D eigenvalue weighted by molar-refractivity contribution is 0.0102. The van der Waals surface area contributed by atoms with Crippen LogP contribution in [0.15, 0.2) is 6.20 Å². The number of likely N-dealkylation sites (tertiary alicyclic amines) is 1. The highest BCUT2D eigenvalue weighted by atomic mass is 16.5. The summed E-state index contributed by atoms with van der Waals surface area (Å²) in [6.07, 6.45) is 2.78. The van der Waals surface area contributed by atoms with Crippen LogP contribution in [-0.2, 0) is 4.74 Å². The summed E-state index contributed by atoms with van der Waals surface area (Å²) in [6, 6.07) is 0.459. The smallest absolute Gasteiger partial charge is 0.271 e. The highest BCUT2D eigenvalue weighted by molar-refractivity contribution is 5.92. The Hall–Kier alpha value is -1.40. The van der Waals surface area contributed by atoms with Crippen LogP contribution >= 0.6 is 0 Å². The van der Waals surface area contributed by atoms with Gasteiger partial charge in [-0.2, -0.15) is 0 Å². The van der Waals surface area contributed by atoms with Crippen LogP contribution in [0, 0.1) is 5.92 Å². The molecule has 2 unspecified atom stereocenters. The third kappa shape index (κ3) is 3.43. The number of carbonyl (C=O) groups excluding carboxylic acids is 1. The van der Waals surface area contributed by atoms with Crippen molar-refractivity contribution in [2.75, 3.05) is 39.4 Å². The zero-order valence-corrected chi connectivity index (χ0v) is 14.4. The summed E-state index contributed by atoms with van der Waals surface area (Å²) in [5.74, 6) is 1.81. The number of H-pyrrole nitrogens is 1. The fourth-order valence-electron chi connectivity index (χ4n) is 3.65. The lowest BCUT2D eigenvalue weighted by atomic mass is 9.99. The van der Waals surface area contributed by atoms with E-state index in [0.717, 1.165) is 51.6 Å². The minimum Gasteiger partial charge on any atom is -0.379 e. The summed E-state index contributed by atoms with van der Waals surface area (Å²) < 4.78 is 5.46. The maximum Gasteiger partial charge on any atom is 0.271 e. The Morgan fingerprint density at radius 2 is 2.13 bits per heavy atom. The van der Waals surface area contributed by atoms with Gasteiger partial charge < -0.3 is 14.6 Å². The second-order valence-corrected chi connectivity index (χ2v) is 6.93. The van der Waals surface area contributed by atoms with E-state index in [4.69, 9.17) is 4.74 Å². The molecular formula is C17H28N4O2. The van der Waals surface area contributed by atoms with Crippen molar-refractivity contribution < 1.29 is 9.53 Å². The molecule has 6 heteroatoms. The van der Waals surface area contributed by atoms with Crippen molar-refractivity contribution in [3.63, 3.8) is 0 Å². The van der Waals surface area contributed by atoms with Gasteiger partial charge in [0.2, 0.25) is 0 Å². The molecule has 1 N–H and O–H groups in total. The molecule has 23 heavy (non-hydrogen) atoms. The van der Waals surface area contributed by atoms with E-state index in [-0.39, 0.29) is 5.91 Å². The lowest BCUT2D eigenvalue weighted by Gasteiger charge is -2.34. The maximum atomic E-state index is 12.8. The molecule has 1 amide bonds. The number of hydrogen-bond acceptors (Lipinski definition) is 4. The Labute approximate surface area is 138 Å². The van der Waals surface area contributed by atoms with Gasteiger partial charge >= 0.3 is 0 Å². The number of carbonyl (C=O) groups is 1. The maximum absolute atomic E-state index is 12.8. The Morgan fingerprint density at radius 3 is 2.74 bits per heavy atom. The second kappa shape index (κ2) is 7.01. The predicted octanol–water partition coefficient (Wildman–Crippen LogP) is 1.72. The van der Waals surface area contributed by atoms with Crippen LogP contribution in [0.4, 0.5) is 0 Å². The van der Waals surface area contributed by atoms with E-state index < -0.39 is 0 Å². The number of aromatic nitrogens is 2. The molecule has 0 bridgehead atoms. The fraction of sp³-hybridized carbons (Fsp3) is 0.765.